The first-order chi connectivity index (χ1) is 15.6. The van der Waals surface area contributed by atoms with Crippen LogP contribution in [-0.4, -0.2) is 10.8 Å². The van der Waals surface area contributed by atoms with Crippen LogP contribution in [0.4, 0.5) is 0 Å². The maximum Gasteiger partial charge on any atom is 0.0991 e. The lowest BCUT2D eigenvalue weighted by atomic mass is 10.0. The molecule has 0 radical (unpaired) electrons. The van der Waals surface area contributed by atoms with Gasteiger partial charge in [-0.3, -0.25) is 0 Å². The molecule has 0 fully saturated rings. The fourth-order valence-electron chi connectivity index (χ4n) is 3.30. The average molecular weight is 451 g/mol. The quantitative estimate of drug-likeness (QED) is 0.176. The summed E-state index contributed by atoms with van der Waals surface area (Å²) in [6, 6.07) is 35.2. The number of benzene rings is 4. The first-order valence-corrected chi connectivity index (χ1v) is 12.2. The van der Waals surface area contributed by atoms with Gasteiger partial charge in [-0.25, -0.2) is 0 Å². The first-order valence-electron chi connectivity index (χ1n) is 10.2. The summed E-state index contributed by atoms with van der Waals surface area (Å²) < 4.78 is 0. The molecule has 0 spiro atoms. The Morgan fingerprint density at radius 1 is 0.656 bits per heavy atom. The molecule has 1 N–H and O–H groups in total. The van der Waals surface area contributed by atoms with Crippen LogP contribution in [0, 0.1) is 16.7 Å². The largest absolute Gasteiger partial charge is 0.305 e. The number of rotatable bonds is 7. The highest BCUT2D eigenvalue weighted by atomic mass is 32.2. The second-order valence-corrected chi connectivity index (χ2v) is 9.81. The molecule has 4 aromatic carbocycles. The summed E-state index contributed by atoms with van der Waals surface area (Å²) in [5, 5.41) is 17.6. The van der Waals surface area contributed by atoms with Crippen molar-refractivity contribution in [1.29, 1.82) is 10.7 Å². The van der Waals surface area contributed by atoms with E-state index in [1.165, 1.54) is 20.9 Å². The second-order valence-electron chi connectivity index (χ2n) is 7.35. The van der Waals surface area contributed by atoms with Crippen LogP contribution in [-0.2, 0) is 0 Å². The van der Waals surface area contributed by atoms with Crippen molar-refractivity contribution in [2.24, 2.45) is 0 Å². The highest BCUT2D eigenvalue weighted by molar-refractivity contribution is 8.16. The van der Waals surface area contributed by atoms with Gasteiger partial charge in [0.1, 0.15) is 0 Å². The molecule has 4 heteroatoms. The van der Waals surface area contributed by atoms with E-state index in [1.807, 2.05) is 66.8 Å². The van der Waals surface area contributed by atoms with Gasteiger partial charge < -0.3 is 5.41 Å². The van der Waals surface area contributed by atoms with E-state index in [4.69, 9.17) is 10.7 Å². The van der Waals surface area contributed by atoms with Crippen LogP contribution >= 0.6 is 23.5 Å². The predicted molar refractivity (Wildman–Crippen MR) is 138 cm³/mol. The maximum atomic E-state index is 8.93. The van der Waals surface area contributed by atoms with Gasteiger partial charge in [0, 0.05) is 20.6 Å². The van der Waals surface area contributed by atoms with Crippen molar-refractivity contribution < 1.29 is 0 Å². The molecular formula is C28H22N2S2. The third-order valence-electron chi connectivity index (χ3n) is 5.16. The Morgan fingerprint density at radius 2 is 1.03 bits per heavy atom. The zero-order valence-electron chi connectivity index (χ0n) is 17.7. The van der Waals surface area contributed by atoms with E-state index in [0.29, 0.717) is 11.3 Å². The van der Waals surface area contributed by atoms with Crippen LogP contribution < -0.4 is 0 Å². The van der Waals surface area contributed by atoms with Gasteiger partial charge in [0.05, 0.1) is 11.6 Å². The predicted octanol–water partition coefficient (Wildman–Crippen LogP) is 8.12. The summed E-state index contributed by atoms with van der Waals surface area (Å²) in [4.78, 5) is 2.50. The van der Waals surface area contributed by atoms with Gasteiger partial charge in [0.15, 0.2) is 0 Å². The third-order valence-corrected chi connectivity index (χ3v) is 7.31. The fraction of sp³-hybridized carbons (Fsp3) is 0.0714. The number of hydrogen-bond acceptors (Lipinski definition) is 4. The molecule has 0 saturated carbocycles. The number of nitrogens with one attached hydrogen (secondary N) is 1. The van der Waals surface area contributed by atoms with Crippen molar-refractivity contribution in [1.82, 2.24) is 0 Å². The average Bonchev–Trinajstić information content (AvgIpc) is 2.85. The minimum Gasteiger partial charge on any atom is -0.305 e. The van der Waals surface area contributed by atoms with Crippen LogP contribution in [0.25, 0.3) is 22.3 Å². The lowest BCUT2D eigenvalue weighted by Gasteiger charge is -2.07. The van der Waals surface area contributed by atoms with E-state index >= 15 is 0 Å². The minimum absolute atomic E-state index is 0.588. The summed E-state index contributed by atoms with van der Waals surface area (Å²) in [6.07, 6.45) is 0. The Hall–Kier alpha value is -3.26. The minimum atomic E-state index is 0.588. The molecule has 32 heavy (non-hydrogen) atoms. The van der Waals surface area contributed by atoms with E-state index in [9.17, 15) is 0 Å². The molecule has 0 heterocycles. The van der Waals surface area contributed by atoms with Crippen molar-refractivity contribution >= 4 is 29.2 Å². The van der Waals surface area contributed by atoms with Gasteiger partial charge in [0.25, 0.3) is 0 Å². The number of nitriles is 1. The lowest BCUT2D eigenvalue weighted by Crippen LogP contribution is -1.90. The van der Waals surface area contributed by atoms with Crippen LogP contribution in [0.5, 0.6) is 0 Å². The smallest absolute Gasteiger partial charge is 0.0991 e. The third kappa shape index (κ3) is 5.50. The SMILES string of the molecule is CC(=N)c1ccc(-c2ccc(SCSc3ccc(-c4ccc(C#N)cc4)cc3)cc2)cc1. The monoisotopic (exact) mass is 450 g/mol. The molecule has 0 bridgehead atoms. The summed E-state index contributed by atoms with van der Waals surface area (Å²) in [5.74, 6) is 0. The van der Waals surface area contributed by atoms with Gasteiger partial charge in [-0.2, -0.15) is 5.26 Å². The Kier molecular flexibility index (Phi) is 7.11. The highest BCUT2D eigenvalue weighted by Gasteiger charge is 2.03. The molecule has 0 aliphatic heterocycles. The van der Waals surface area contributed by atoms with Gasteiger partial charge in [0.2, 0.25) is 0 Å². The van der Waals surface area contributed by atoms with Crippen LogP contribution in [0.1, 0.15) is 18.1 Å². The standard InChI is InChI=1S/C28H22N2S2/c1-20(30)22-6-8-24(9-7-22)26-12-16-28(17-13-26)32-19-31-27-14-10-25(11-15-27)23-4-2-21(18-29)3-5-23/h2-17,30H,19H2,1H3. The van der Waals surface area contributed by atoms with Gasteiger partial charge in [-0.15, -0.1) is 23.5 Å². The maximum absolute atomic E-state index is 8.93. The molecule has 4 rings (SSSR count). The molecule has 4 aromatic rings. The van der Waals surface area contributed by atoms with Gasteiger partial charge >= 0.3 is 0 Å². The van der Waals surface area contributed by atoms with Crippen molar-refractivity contribution in [2.75, 3.05) is 5.08 Å². The molecular weight excluding hydrogens is 428 g/mol. The Balaban J connectivity index is 1.31. The molecule has 0 atom stereocenters. The second kappa shape index (κ2) is 10.4. The van der Waals surface area contributed by atoms with E-state index < -0.39 is 0 Å². The molecule has 0 aliphatic carbocycles. The zero-order valence-corrected chi connectivity index (χ0v) is 19.3. The Bertz CT molecular complexity index is 1240. The van der Waals surface area contributed by atoms with Crippen molar-refractivity contribution in [3.8, 4) is 28.3 Å². The van der Waals surface area contributed by atoms with E-state index in [0.717, 1.165) is 21.8 Å². The van der Waals surface area contributed by atoms with Crippen LogP contribution in [0.15, 0.2) is 107 Å². The van der Waals surface area contributed by atoms with Gasteiger partial charge in [-0.05, 0) is 71.1 Å². The normalized spacial score (nSPS) is 10.5. The van der Waals surface area contributed by atoms with Gasteiger partial charge in [-0.1, -0.05) is 60.7 Å². The van der Waals surface area contributed by atoms with E-state index in [-0.39, 0.29) is 0 Å². The Labute approximate surface area is 197 Å². The molecule has 0 unspecified atom stereocenters. The summed E-state index contributed by atoms with van der Waals surface area (Å²) in [6.45, 7) is 1.81. The number of thioether (sulfide) groups is 2. The van der Waals surface area contributed by atoms with Crippen molar-refractivity contribution in [3.05, 3.63) is 108 Å². The summed E-state index contributed by atoms with van der Waals surface area (Å²) in [7, 11) is 0. The first kappa shape index (κ1) is 22.0. The number of nitrogens with zero attached hydrogens (tertiary/aromatic N) is 1. The zero-order chi connectivity index (χ0) is 22.3. The van der Waals surface area contributed by atoms with Crippen molar-refractivity contribution in [2.45, 2.75) is 16.7 Å². The Morgan fingerprint density at radius 3 is 1.41 bits per heavy atom. The molecule has 2 nitrogen and oxygen atoms in total. The molecule has 0 aromatic heterocycles. The lowest BCUT2D eigenvalue weighted by molar-refractivity contribution is 1.44. The van der Waals surface area contributed by atoms with E-state index in [1.54, 1.807) is 0 Å². The molecule has 0 amide bonds. The fourth-order valence-corrected chi connectivity index (χ4v) is 5.28. The van der Waals surface area contributed by atoms with Crippen LogP contribution in [0.3, 0.4) is 0 Å². The van der Waals surface area contributed by atoms with Crippen molar-refractivity contribution in [3.63, 3.8) is 0 Å². The number of hydrogen-bond donors (Lipinski definition) is 1. The topological polar surface area (TPSA) is 47.6 Å². The highest BCUT2D eigenvalue weighted by Crippen LogP contribution is 2.31. The molecule has 0 saturated heterocycles. The summed E-state index contributed by atoms with van der Waals surface area (Å²) >= 11 is 3.66. The van der Waals surface area contributed by atoms with E-state index in [2.05, 4.69) is 66.7 Å². The molecule has 156 valence electrons. The summed E-state index contributed by atoms with van der Waals surface area (Å²) in [5.41, 5.74) is 6.87. The van der Waals surface area contributed by atoms with Crippen LogP contribution in [0.2, 0.25) is 0 Å². The molecule has 0 aliphatic rings.